The predicted molar refractivity (Wildman–Crippen MR) is 38.6 cm³/mol. The van der Waals surface area contributed by atoms with Crippen LogP contribution in [-0.4, -0.2) is 10.9 Å². The summed E-state index contributed by atoms with van der Waals surface area (Å²) in [6.07, 6.45) is 5.30. The Hall–Kier alpha value is -1.05. The van der Waals surface area contributed by atoms with E-state index in [1.807, 2.05) is 6.92 Å². The standard InChI is InChI=1S/C8H10O2/c1-2-6-7(9)4-3-5-8(6)10/h3-6,9H,2H2,1H3. The van der Waals surface area contributed by atoms with Crippen molar-refractivity contribution in [1.82, 2.24) is 0 Å². The molecule has 0 saturated carbocycles. The molecule has 2 heteroatoms. The summed E-state index contributed by atoms with van der Waals surface area (Å²) in [4.78, 5) is 10.9. The minimum Gasteiger partial charge on any atom is -0.512 e. The van der Waals surface area contributed by atoms with Gasteiger partial charge in [0.25, 0.3) is 0 Å². The first-order chi connectivity index (χ1) is 4.75. The van der Waals surface area contributed by atoms with Crippen LogP contribution in [0.25, 0.3) is 0 Å². The van der Waals surface area contributed by atoms with Crippen molar-refractivity contribution in [3.63, 3.8) is 0 Å². The number of carbonyl (C=O) groups excluding carboxylic acids is 1. The second kappa shape index (κ2) is 2.69. The van der Waals surface area contributed by atoms with Crippen LogP contribution in [0.4, 0.5) is 0 Å². The maximum Gasteiger partial charge on any atom is 0.166 e. The first kappa shape index (κ1) is 7.06. The zero-order chi connectivity index (χ0) is 7.56. The van der Waals surface area contributed by atoms with Crippen molar-refractivity contribution in [2.75, 3.05) is 0 Å². The predicted octanol–water partition coefficient (Wildman–Crippen LogP) is 1.59. The van der Waals surface area contributed by atoms with E-state index in [2.05, 4.69) is 0 Å². The van der Waals surface area contributed by atoms with Crippen molar-refractivity contribution < 1.29 is 9.90 Å². The molecule has 0 aromatic heterocycles. The molecule has 0 bridgehead atoms. The minimum absolute atomic E-state index is 0.00231. The Kier molecular flexibility index (Phi) is 1.90. The molecule has 0 spiro atoms. The van der Waals surface area contributed by atoms with Gasteiger partial charge in [-0.05, 0) is 18.6 Å². The number of hydrogen-bond donors (Lipinski definition) is 1. The van der Waals surface area contributed by atoms with Gasteiger partial charge in [-0.3, -0.25) is 4.79 Å². The maximum atomic E-state index is 10.9. The van der Waals surface area contributed by atoms with Gasteiger partial charge in [-0.15, -0.1) is 0 Å². The van der Waals surface area contributed by atoms with Crippen LogP contribution in [0, 0.1) is 5.92 Å². The van der Waals surface area contributed by atoms with Crippen LogP contribution in [0.15, 0.2) is 24.0 Å². The summed E-state index contributed by atoms with van der Waals surface area (Å²) in [5.74, 6) is -0.0949. The monoisotopic (exact) mass is 138 g/mol. The van der Waals surface area contributed by atoms with Gasteiger partial charge < -0.3 is 5.11 Å². The van der Waals surface area contributed by atoms with Gasteiger partial charge in [-0.1, -0.05) is 13.0 Å². The number of aliphatic hydroxyl groups excluding tert-OH is 1. The zero-order valence-corrected chi connectivity index (χ0v) is 5.87. The quantitative estimate of drug-likeness (QED) is 0.597. The summed E-state index contributed by atoms with van der Waals surface area (Å²) < 4.78 is 0. The Morgan fingerprint density at radius 1 is 1.70 bits per heavy atom. The van der Waals surface area contributed by atoms with Crippen molar-refractivity contribution in [2.45, 2.75) is 13.3 Å². The van der Waals surface area contributed by atoms with E-state index in [0.717, 1.165) is 0 Å². The molecule has 0 aliphatic heterocycles. The largest absolute Gasteiger partial charge is 0.512 e. The molecule has 1 aliphatic carbocycles. The highest BCUT2D eigenvalue weighted by atomic mass is 16.3. The Bertz CT molecular complexity index is 201. The van der Waals surface area contributed by atoms with Crippen molar-refractivity contribution in [3.05, 3.63) is 24.0 Å². The number of aliphatic hydroxyl groups is 1. The molecule has 54 valence electrons. The molecule has 10 heavy (non-hydrogen) atoms. The summed E-state index contributed by atoms with van der Waals surface area (Å²) in [5.41, 5.74) is 0. The second-order valence-electron chi connectivity index (χ2n) is 2.31. The molecular formula is C8H10O2. The van der Waals surface area contributed by atoms with Crippen LogP contribution in [0.1, 0.15) is 13.3 Å². The van der Waals surface area contributed by atoms with Crippen molar-refractivity contribution in [2.24, 2.45) is 5.92 Å². The molecular weight excluding hydrogens is 128 g/mol. The molecule has 0 aromatic rings. The second-order valence-corrected chi connectivity index (χ2v) is 2.31. The topological polar surface area (TPSA) is 37.3 Å². The van der Waals surface area contributed by atoms with Gasteiger partial charge in [0.15, 0.2) is 5.78 Å². The van der Waals surface area contributed by atoms with Crippen LogP contribution in [0.5, 0.6) is 0 Å². The SMILES string of the molecule is CCC1C(=O)C=CC=C1O. The fourth-order valence-corrected chi connectivity index (χ4v) is 1.03. The average Bonchev–Trinajstić information content (AvgIpc) is 1.88. The van der Waals surface area contributed by atoms with Gasteiger partial charge in [0.1, 0.15) is 5.76 Å². The highest BCUT2D eigenvalue weighted by Crippen LogP contribution is 2.17. The first-order valence-electron chi connectivity index (χ1n) is 3.36. The van der Waals surface area contributed by atoms with E-state index in [1.165, 1.54) is 6.08 Å². The number of carbonyl (C=O) groups is 1. The number of hydrogen-bond acceptors (Lipinski definition) is 2. The Labute approximate surface area is 59.9 Å². The Balaban J connectivity index is 2.81. The van der Waals surface area contributed by atoms with Crippen LogP contribution in [0.3, 0.4) is 0 Å². The molecule has 1 N–H and O–H groups in total. The van der Waals surface area contributed by atoms with E-state index < -0.39 is 0 Å². The van der Waals surface area contributed by atoms with Gasteiger partial charge in [-0.25, -0.2) is 0 Å². The normalized spacial score (nSPS) is 24.7. The van der Waals surface area contributed by atoms with E-state index >= 15 is 0 Å². The smallest absolute Gasteiger partial charge is 0.166 e. The van der Waals surface area contributed by atoms with E-state index in [0.29, 0.717) is 6.42 Å². The van der Waals surface area contributed by atoms with Gasteiger partial charge in [0.2, 0.25) is 0 Å². The Morgan fingerprint density at radius 2 is 2.40 bits per heavy atom. The van der Waals surface area contributed by atoms with Crippen LogP contribution < -0.4 is 0 Å². The van der Waals surface area contributed by atoms with Gasteiger partial charge in [0, 0.05) is 0 Å². The molecule has 0 heterocycles. The zero-order valence-electron chi connectivity index (χ0n) is 5.87. The van der Waals surface area contributed by atoms with Crippen molar-refractivity contribution >= 4 is 5.78 Å². The third-order valence-electron chi connectivity index (χ3n) is 1.64. The number of rotatable bonds is 1. The fraction of sp³-hybridized carbons (Fsp3) is 0.375. The van der Waals surface area contributed by atoms with Gasteiger partial charge in [0.05, 0.1) is 5.92 Å². The lowest BCUT2D eigenvalue weighted by molar-refractivity contribution is -0.118. The average molecular weight is 138 g/mol. The summed E-state index contributed by atoms with van der Waals surface area (Å²) in [6, 6.07) is 0. The molecule has 0 aromatic carbocycles. The number of allylic oxidation sites excluding steroid dienone is 4. The van der Waals surface area contributed by atoms with E-state index in [4.69, 9.17) is 5.11 Å². The number of ketones is 1. The van der Waals surface area contributed by atoms with Crippen molar-refractivity contribution in [1.29, 1.82) is 0 Å². The summed E-state index contributed by atoms with van der Waals surface area (Å²) >= 11 is 0. The summed E-state index contributed by atoms with van der Waals surface area (Å²) in [7, 11) is 0. The fourth-order valence-electron chi connectivity index (χ4n) is 1.03. The van der Waals surface area contributed by atoms with Gasteiger partial charge in [-0.2, -0.15) is 0 Å². The van der Waals surface area contributed by atoms with E-state index in [9.17, 15) is 4.79 Å². The molecule has 0 amide bonds. The molecule has 1 rings (SSSR count). The lowest BCUT2D eigenvalue weighted by atomic mass is 9.95. The highest BCUT2D eigenvalue weighted by molar-refractivity contribution is 5.94. The maximum absolute atomic E-state index is 10.9. The molecule has 1 unspecified atom stereocenters. The third-order valence-corrected chi connectivity index (χ3v) is 1.64. The summed E-state index contributed by atoms with van der Waals surface area (Å²) in [6.45, 7) is 1.88. The molecule has 1 atom stereocenters. The molecule has 0 saturated heterocycles. The van der Waals surface area contributed by atoms with Crippen LogP contribution in [0.2, 0.25) is 0 Å². The van der Waals surface area contributed by atoms with Crippen LogP contribution >= 0.6 is 0 Å². The lowest BCUT2D eigenvalue weighted by Crippen LogP contribution is -2.15. The van der Waals surface area contributed by atoms with E-state index in [-0.39, 0.29) is 17.5 Å². The van der Waals surface area contributed by atoms with Crippen LogP contribution in [-0.2, 0) is 4.79 Å². The molecule has 2 nitrogen and oxygen atoms in total. The molecule has 0 fully saturated rings. The Morgan fingerprint density at radius 3 is 2.80 bits per heavy atom. The minimum atomic E-state index is -0.287. The van der Waals surface area contributed by atoms with Crippen molar-refractivity contribution in [3.8, 4) is 0 Å². The molecule has 1 aliphatic rings. The first-order valence-corrected chi connectivity index (χ1v) is 3.36. The third kappa shape index (κ3) is 1.10. The van der Waals surface area contributed by atoms with E-state index in [1.54, 1.807) is 12.2 Å². The molecule has 0 radical (unpaired) electrons. The van der Waals surface area contributed by atoms with Gasteiger partial charge >= 0.3 is 0 Å². The lowest BCUT2D eigenvalue weighted by Gasteiger charge is -2.12. The highest BCUT2D eigenvalue weighted by Gasteiger charge is 2.19. The summed E-state index contributed by atoms with van der Waals surface area (Å²) in [5, 5.41) is 9.13.